The van der Waals surface area contributed by atoms with Crippen LogP contribution in [0.25, 0.3) is 0 Å². The summed E-state index contributed by atoms with van der Waals surface area (Å²) in [5, 5.41) is 10.6. The molecule has 0 saturated carbocycles. The van der Waals surface area contributed by atoms with Gasteiger partial charge in [0.1, 0.15) is 0 Å². The third kappa shape index (κ3) is 19.8. The third-order valence-corrected chi connectivity index (χ3v) is 6.86. The molecule has 0 aliphatic carbocycles. The fourth-order valence-corrected chi connectivity index (χ4v) is 4.36. The Morgan fingerprint density at radius 2 is 1.06 bits per heavy atom. The van der Waals surface area contributed by atoms with Gasteiger partial charge in [-0.05, 0) is 26.7 Å². The highest BCUT2D eigenvalue weighted by molar-refractivity contribution is 5.64. The number of rotatable bonds is 25. The second-order valence-electron chi connectivity index (χ2n) is 9.51. The molecule has 0 saturated heterocycles. The molecular weight excluding hydrogens is 386 g/mol. The fraction of sp³-hybridized carbons (Fsp3) is 0.963. The topological polar surface area (TPSA) is 49.4 Å². The Morgan fingerprint density at radius 1 is 0.645 bits per heavy atom. The fourth-order valence-electron chi connectivity index (χ4n) is 4.36. The van der Waals surface area contributed by atoms with Crippen LogP contribution in [-0.2, 0) is 9.53 Å². The van der Waals surface area contributed by atoms with E-state index in [0.29, 0.717) is 13.2 Å². The zero-order valence-electron chi connectivity index (χ0n) is 21.4. The van der Waals surface area contributed by atoms with Gasteiger partial charge < -0.3 is 19.1 Å². The normalized spacial score (nSPS) is 11.8. The Morgan fingerprint density at radius 3 is 1.45 bits per heavy atom. The van der Waals surface area contributed by atoms with Crippen LogP contribution in [0.4, 0.5) is 0 Å². The number of hydrogen-bond acceptors (Lipinski definition) is 3. The number of carbonyl (C=O) groups excluding carboxylic acids is 1. The Balaban J connectivity index is 3.42. The molecule has 4 nitrogen and oxygen atoms in total. The first-order chi connectivity index (χ1) is 15.1. The van der Waals surface area contributed by atoms with Gasteiger partial charge in [0.2, 0.25) is 0 Å². The van der Waals surface area contributed by atoms with Gasteiger partial charge in [0.05, 0.1) is 26.2 Å². The molecule has 4 heteroatoms. The molecule has 0 spiro atoms. The average molecular weight is 442 g/mol. The van der Waals surface area contributed by atoms with Crippen molar-refractivity contribution < 1.29 is 19.1 Å². The second-order valence-corrected chi connectivity index (χ2v) is 9.51. The zero-order chi connectivity index (χ0) is 23.0. The minimum absolute atomic E-state index is 0.152. The minimum Gasteiger partial charge on any atom is -0.550 e. The highest BCUT2D eigenvalue weighted by Gasteiger charge is 2.22. The molecule has 186 valence electrons. The number of ether oxygens (including phenoxy) is 1. The van der Waals surface area contributed by atoms with Crippen molar-refractivity contribution in [3.63, 3.8) is 0 Å². The lowest BCUT2D eigenvalue weighted by Crippen LogP contribution is -2.50. The third-order valence-electron chi connectivity index (χ3n) is 6.86. The molecule has 31 heavy (non-hydrogen) atoms. The van der Waals surface area contributed by atoms with E-state index < -0.39 is 5.97 Å². The van der Waals surface area contributed by atoms with Gasteiger partial charge in [-0.25, -0.2) is 0 Å². The van der Waals surface area contributed by atoms with Gasteiger partial charge in [-0.2, -0.15) is 0 Å². The van der Waals surface area contributed by atoms with Gasteiger partial charge >= 0.3 is 0 Å². The first-order valence-electron chi connectivity index (χ1n) is 13.7. The van der Waals surface area contributed by atoms with Crippen molar-refractivity contribution in [2.45, 2.75) is 136 Å². The molecule has 0 N–H and O–H groups in total. The largest absolute Gasteiger partial charge is 0.550 e. The maximum atomic E-state index is 10.6. The van der Waals surface area contributed by atoms with Crippen molar-refractivity contribution in [1.29, 1.82) is 0 Å². The molecule has 0 heterocycles. The standard InChI is InChI=1S/C27H55NO3/c1-4-7-8-9-10-11-12-13-14-15-16-17-18-19-20-21-25-31-26-28(5-2,6-3)24-22-23-27(29)30/h4-26H2,1-3H3. The van der Waals surface area contributed by atoms with Crippen molar-refractivity contribution in [1.82, 2.24) is 0 Å². The summed E-state index contributed by atoms with van der Waals surface area (Å²) in [7, 11) is 0. The predicted octanol–water partition coefficient (Wildman–Crippen LogP) is 6.61. The van der Waals surface area contributed by atoms with E-state index in [-0.39, 0.29) is 6.42 Å². The number of carboxylic acid groups (broad SMARTS) is 1. The lowest BCUT2D eigenvalue weighted by atomic mass is 10.0. The summed E-state index contributed by atoms with van der Waals surface area (Å²) < 4.78 is 6.82. The first-order valence-corrected chi connectivity index (χ1v) is 13.7. The maximum absolute atomic E-state index is 10.6. The van der Waals surface area contributed by atoms with E-state index >= 15 is 0 Å². The molecule has 0 aliphatic rings. The van der Waals surface area contributed by atoms with Crippen LogP contribution in [-0.4, -0.2) is 43.4 Å². The number of unbranched alkanes of at least 4 members (excludes halogenated alkanes) is 15. The van der Waals surface area contributed by atoms with Gasteiger partial charge in [0.25, 0.3) is 0 Å². The van der Waals surface area contributed by atoms with Gasteiger partial charge in [-0.3, -0.25) is 0 Å². The van der Waals surface area contributed by atoms with E-state index in [1.807, 2.05) is 0 Å². The Labute approximate surface area is 194 Å². The van der Waals surface area contributed by atoms with E-state index in [1.165, 1.54) is 96.3 Å². The van der Waals surface area contributed by atoms with E-state index in [1.54, 1.807) is 0 Å². The highest BCUT2D eigenvalue weighted by Crippen LogP contribution is 2.14. The lowest BCUT2D eigenvalue weighted by Gasteiger charge is -2.36. The van der Waals surface area contributed by atoms with Crippen LogP contribution >= 0.6 is 0 Å². The first kappa shape index (κ1) is 30.4. The molecule has 0 aliphatic heterocycles. The number of quaternary nitrogens is 1. The summed E-state index contributed by atoms with van der Waals surface area (Å²) in [6, 6.07) is 0. The van der Waals surface area contributed by atoms with Crippen LogP contribution in [0.1, 0.15) is 136 Å². The van der Waals surface area contributed by atoms with E-state index in [2.05, 4.69) is 20.8 Å². The molecule has 0 atom stereocenters. The molecule has 0 aromatic rings. The lowest BCUT2D eigenvalue weighted by molar-refractivity contribution is -0.943. The van der Waals surface area contributed by atoms with Crippen LogP contribution in [0.5, 0.6) is 0 Å². The van der Waals surface area contributed by atoms with Gasteiger partial charge in [0.15, 0.2) is 6.73 Å². The molecule has 0 fully saturated rings. The molecule has 0 bridgehead atoms. The van der Waals surface area contributed by atoms with Gasteiger partial charge in [-0.15, -0.1) is 0 Å². The number of carboxylic acids is 1. The number of carbonyl (C=O) groups is 1. The molecule has 0 aromatic heterocycles. The van der Waals surface area contributed by atoms with Crippen LogP contribution in [0.2, 0.25) is 0 Å². The smallest absolute Gasteiger partial charge is 0.183 e. The summed E-state index contributed by atoms with van der Waals surface area (Å²) in [6.07, 6.45) is 23.0. The van der Waals surface area contributed by atoms with Crippen molar-refractivity contribution in [2.24, 2.45) is 0 Å². The quantitative estimate of drug-likeness (QED) is 0.0910. The maximum Gasteiger partial charge on any atom is 0.183 e. The molecule has 0 aromatic carbocycles. The van der Waals surface area contributed by atoms with Gasteiger partial charge in [-0.1, -0.05) is 103 Å². The highest BCUT2D eigenvalue weighted by atomic mass is 16.5. The monoisotopic (exact) mass is 441 g/mol. The summed E-state index contributed by atoms with van der Waals surface area (Å²) >= 11 is 0. The summed E-state index contributed by atoms with van der Waals surface area (Å²) in [4.78, 5) is 10.6. The minimum atomic E-state index is -0.945. The Hall–Kier alpha value is -0.610. The van der Waals surface area contributed by atoms with Crippen LogP contribution in [0, 0.1) is 0 Å². The van der Waals surface area contributed by atoms with E-state index in [9.17, 15) is 9.90 Å². The zero-order valence-corrected chi connectivity index (χ0v) is 21.4. The summed E-state index contributed by atoms with van der Waals surface area (Å²) in [5.74, 6) is -0.945. The number of aliphatic carboxylic acids is 1. The molecule has 0 amide bonds. The molecule has 0 rings (SSSR count). The van der Waals surface area contributed by atoms with Crippen molar-refractivity contribution in [3.05, 3.63) is 0 Å². The summed E-state index contributed by atoms with van der Waals surface area (Å²) in [5.41, 5.74) is 0. The van der Waals surface area contributed by atoms with Crippen LogP contribution < -0.4 is 5.11 Å². The molecule has 0 radical (unpaired) electrons. The van der Waals surface area contributed by atoms with Crippen LogP contribution in [0.3, 0.4) is 0 Å². The Kier molecular flexibility index (Phi) is 22.1. The van der Waals surface area contributed by atoms with Gasteiger partial charge in [0, 0.05) is 12.4 Å². The number of nitrogens with zero attached hydrogens (tertiary/aromatic N) is 1. The molecule has 0 unspecified atom stereocenters. The Bertz CT molecular complexity index is 383. The average Bonchev–Trinajstić information content (AvgIpc) is 2.77. The van der Waals surface area contributed by atoms with E-state index in [4.69, 9.17) is 4.74 Å². The predicted molar refractivity (Wildman–Crippen MR) is 131 cm³/mol. The van der Waals surface area contributed by atoms with Crippen molar-refractivity contribution in [2.75, 3.05) is 33.0 Å². The number of hydrogen-bond donors (Lipinski definition) is 0. The SMILES string of the molecule is CCCCCCCCCCCCCCCCCCOC[N+](CC)(CC)CCCC(=O)[O-]. The summed E-state index contributed by atoms with van der Waals surface area (Å²) in [6.45, 7) is 11.0. The van der Waals surface area contributed by atoms with Crippen molar-refractivity contribution >= 4 is 5.97 Å². The van der Waals surface area contributed by atoms with Crippen molar-refractivity contribution in [3.8, 4) is 0 Å². The van der Waals surface area contributed by atoms with E-state index in [0.717, 1.165) is 37.1 Å². The molecular formula is C27H55NO3. The van der Waals surface area contributed by atoms with Crippen LogP contribution in [0.15, 0.2) is 0 Å². The second kappa shape index (κ2) is 22.6.